The highest BCUT2D eigenvalue weighted by Crippen LogP contribution is 2.34. The molecular weight excluding hydrogens is 270 g/mol. The van der Waals surface area contributed by atoms with Crippen LogP contribution in [0.2, 0.25) is 0 Å². The molecule has 0 aromatic heterocycles. The largest absolute Gasteiger partial charge is 0.370 e. The van der Waals surface area contributed by atoms with Gasteiger partial charge in [0.15, 0.2) is 0 Å². The molecule has 1 atom stereocenters. The number of hydrogen-bond acceptors (Lipinski definition) is 4. The molecule has 20 heavy (non-hydrogen) atoms. The molecule has 2 N–H and O–H groups in total. The lowest BCUT2D eigenvalue weighted by atomic mass is 10.1. The van der Waals surface area contributed by atoms with Gasteiger partial charge < -0.3 is 15.5 Å². The maximum absolute atomic E-state index is 12.0. The Morgan fingerprint density at radius 1 is 1.40 bits per heavy atom. The zero-order chi connectivity index (χ0) is 13.9. The average Bonchev–Trinajstić information content (AvgIpc) is 2.80. The second kappa shape index (κ2) is 6.06. The predicted molar refractivity (Wildman–Crippen MR) is 85.6 cm³/mol. The highest BCUT2D eigenvalue weighted by molar-refractivity contribution is 7.99. The van der Waals surface area contributed by atoms with E-state index in [0.717, 1.165) is 37.3 Å². The maximum atomic E-state index is 12.0. The van der Waals surface area contributed by atoms with E-state index in [2.05, 4.69) is 40.7 Å². The van der Waals surface area contributed by atoms with Gasteiger partial charge in [0.2, 0.25) is 5.91 Å². The molecule has 2 aliphatic heterocycles. The van der Waals surface area contributed by atoms with Crippen molar-refractivity contribution in [2.45, 2.75) is 19.4 Å². The topological polar surface area (TPSA) is 44.4 Å². The summed E-state index contributed by atoms with van der Waals surface area (Å²) in [5.74, 6) is 2.44. The molecule has 108 valence electrons. The third kappa shape index (κ3) is 2.65. The van der Waals surface area contributed by atoms with E-state index in [-0.39, 0.29) is 11.9 Å². The SMILES string of the molecule is CCCNC1C(=O)Nc2cc(N3CCSCC3)ccc21. The second-order valence-corrected chi connectivity index (χ2v) is 6.47. The summed E-state index contributed by atoms with van der Waals surface area (Å²) in [4.78, 5) is 14.4. The van der Waals surface area contributed by atoms with Crippen LogP contribution in [0, 0.1) is 0 Å². The summed E-state index contributed by atoms with van der Waals surface area (Å²) in [7, 11) is 0. The van der Waals surface area contributed by atoms with E-state index in [1.54, 1.807) is 0 Å². The molecule has 5 heteroatoms. The summed E-state index contributed by atoms with van der Waals surface area (Å²) < 4.78 is 0. The van der Waals surface area contributed by atoms with Crippen molar-refractivity contribution in [1.82, 2.24) is 5.32 Å². The smallest absolute Gasteiger partial charge is 0.246 e. The quantitative estimate of drug-likeness (QED) is 0.893. The standard InChI is InChI=1S/C15H21N3OS/c1-2-5-16-14-12-4-3-11(10-13(12)17-15(14)19)18-6-8-20-9-7-18/h3-4,10,14,16H,2,5-9H2,1H3,(H,17,19). The Bertz CT molecular complexity index is 500. The molecule has 3 rings (SSSR count). The zero-order valence-electron chi connectivity index (χ0n) is 11.8. The van der Waals surface area contributed by atoms with Gasteiger partial charge in [-0.25, -0.2) is 0 Å². The minimum atomic E-state index is -0.184. The summed E-state index contributed by atoms with van der Waals surface area (Å²) in [6.45, 7) is 5.16. The molecule has 0 aliphatic carbocycles. The summed E-state index contributed by atoms with van der Waals surface area (Å²) >= 11 is 2.01. The lowest BCUT2D eigenvalue weighted by Gasteiger charge is -2.28. The van der Waals surface area contributed by atoms with Gasteiger partial charge in [0.25, 0.3) is 0 Å². The number of rotatable bonds is 4. The van der Waals surface area contributed by atoms with Gasteiger partial charge in [-0.3, -0.25) is 4.79 Å². The first kappa shape index (κ1) is 13.8. The molecule has 0 spiro atoms. The number of carbonyl (C=O) groups is 1. The minimum Gasteiger partial charge on any atom is -0.370 e. The van der Waals surface area contributed by atoms with Crippen molar-refractivity contribution in [3.05, 3.63) is 23.8 Å². The van der Waals surface area contributed by atoms with Crippen LogP contribution in [0.3, 0.4) is 0 Å². The van der Waals surface area contributed by atoms with Gasteiger partial charge in [-0.15, -0.1) is 0 Å². The highest BCUT2D eigenvalue weighted by Gasteiger charge is 2.30. The zero-order valence-corrected chi connectivity index (χ0v) is 12.6. The number of carbonyl (C=O) groups excluding carboxylic acids is 1. The fraction of sp³-hybridized carbons (Fsp3) is 0.533. The molecule has 1 amide bonds. The van der Waals surface area contributed by atoms with Crippen LogP contribution in [0.4, 0.5) is 11.4 Å². The lowest BCUT2D eigenvalue weighted by Crippen LogP contribution is -2.32. The first-order chi connectivity index (χ1) is 9.79. The Hall–Kier alpha value is -1.20. The maximum Gasteiger partial charge on any atom is 0.246 e. The first-order valence-corrected chi connectivity index (χ1v) is 8.46. The number of hydrogen-bond donors (Lipinski definition) is 2. The average molecular weight is 291 g/mol. The van der Waals surface area contributed by atoms with E-state index in [1.165, 1.54) is 17.2 Å². The van der Waals surface area contributed by atoms with Crippen LogP contribution in [0.1, 0.15) is 24.9 Å². The van der Waals surface area contributed by atoms with Crippen LogP contribution in [0.5, 0.6) is 0 Å². The molecule has 1 unspecified atom stereocenters. The van der Waals surface area contributed by atoms with Gasteiger partial charge in [-0.2, -0.15) is 11.8 Å². The Balaban J connectivity index is 1.80. The van der Waals surface area contributed by atoms with Gasteiger partial charge in [-0.1, -0.05) is 13.0 Å². The Morgan fingerprint density at radius 2 is 2.20 bits per heavy atom. The third-order valence-corrected chi connectivity index (χ3v) is 4.79. The van der Waals surface area contributed by atoms with Gasteiger partial charge in [0.1, 0.15) is 6.04 Å². The summed E-state index contributed by atoms with van der Waals surface area (Å²) in [6, 6.07) is 6.18. The molecule has 1 aromatic carbocycles. The minimum absolute atomic E-state index is 0.0693. The fourth-order valence-electron chi connectivity index (χ4n) is 2.76. The number of nitrogens with zero attached hydrogens (tertiary/aromatic N) is 1. The van der Waals surface area contributed by atoms with Gasteiger partial charge in [0, 0.05) is 41.5 Å². The summed E-state index contributed by atoms with van der Waals surface area (Å²) in [5, 5.41) is 6.31. The van der Waals surface area contributed by atoms with E-state index in [1.807, 2.05) is 11.8 Å². The van der Waals surface area contributed by atoms with Crippen LogP contribution in [0.15, 0.2) is 18.2 Å². The second-order valence-electron chi connectivity index (χ2n) is 5.25. The molecule has 2 aliphatic rings. The molecule has 0 saturated carbocycles. The van der Waals surface area contributed by atoms with Crippen molar-refractivity contribution >= 4 is 29.0 Å². The van der Waals surface area contributed by atoms with Crippen molar-refractivity contribution in [1.29, 1.82) is 0 Å². The molecule has 2 heterocycles. The monoisotopic (exact) mass is 291 g/mol. The number of benzene rings is 1. The molecule has 1 aromatic rings. The molecule has 1 saturated heterocycles. The number of amides is 1. The molecule has 1 fully saturated rings. The van der Waals surface area contributed by atoms with E-state index in [4.69, 9.17) is 0 Å². The lowest BCUT2D eigenvalue weighted by molar-refractivity contribution is -0.117. The fourth-order valence-corrected chi connectivity index (χ4v) is 3.66. The molecule has 4 nitrogen and oxygen atoms in total. The van der Waals surface area contributed by atoms with Crippen molar-refractivity contribution in [3.8, 4) is 0 Å². The number of anilines is 2. The van der Waals surface area contributed by atoms with Crippen LogP contribution in [-0.4, -0.2) is 37.0 Å². The van der Waals surface area contributed by atoms with Crippen molar-refractivity contribution in [2.24, 2.45) is 0 Å². The Kier molecular flexibility index (Phi) is 4.17. The van der Waals surface area contributed by atoms with E-state index in [0.29, 0.717) is 0 Å². The predicted octanol–water partition coefficient (Wildman–Crippen LogP) is 2.23. The number of nitrogens with one attached hydrogen (secondary N) is 2. The van der Waals surface area contributed by atoms with Crippen molar-refractivity contribution in [3.63, 3.8) is 0 Å². The molecular formula is C15H21N3OS. The molecule has 0 bridgehead atoms. The molecule has 0 radical (unpaired) electrons. The number of thioether (sulfide) groups is 1. The number of fused-ring (bicyclic) bond motifs is 1. The van der Waals surface area contributed by atoms with Crippen LogP contribution in [0.25, 0.3) is 0 Å². The summed E-state index contributed by atoms with van der Waals surface area (Å²) in [6.07, 6.45) is 1.03. The third-order valence-electron chi connectivity index (χ3n) is 3.84. The summed E-state index contributed by atoms with van der Waals surface area (Å²) in [5.41, 5.74) is 3.28. The normalized spacial score (nSPS) is 21.8. The van der Waals surface area contributed by atoms with Crippen molar-refractivity contribution in [2.75, 3.05) is 41.4 Å². The Morgan fingerprint density at radius 3 is 2.95 bits per heavy atom. The van der Waals surface area contributed by atoms with Crippen LogP contribution in [-0.2, 0) is 4.79 Å². The van der Waals surface area contributed by atoms with Crippen LogP contribution >= 0.6 is 11.8 Å². The van der Waals surface area contributed by atoms with Crippen LogP contribution < -0.4 is 15.5 Å². The highest BCUT2D eigenvalue weighted by atomic mass is 32.2. The van der Waals surface area contributed by atoms with Gasteiger partial charge >= 0.3 is 0 Å². The first-order valence-electron chi connectivity index (χ1n) is 7.30. The van der Waals surface area contributed by atoms with Gasteiger partial charge in [0.05, 0.1) is 0 Å². The van der Waals surface area contributed by atoms with E-state index in [9.17, 15) is 4.79 Å². The van der Waals surface area contributed by atoms with E-state index < -0.39 is 0 Å². The Labute approximate surface area is 124 Å². The van der Waals surface area contributed by atoms with Crippen molar-refractivity contribution < 1.29 is 4.79 Å². The van der Waals surface area contributed by atoms with E-state index >= 15 is 0 Å². The van der Waals surface area contributed by atoms with Gasteiger partial charge in [-0.05, 0) is 25.1 Å².